The fraction of sp³-hybridized carbons (Fsp3) is 0.0667. The summed E-state index contributed by atoms with van der Waals surface area (Å²) in [6.07, 6.45) is 3.24. The highest BCUT2D eigenvalue weighted by Crippen LogP contribution is 2.20. The first-order chi connectivity index (χ1) is 9.72. The first-order valence-corrected chi connectivity index (χ1v) is 6.08. The SMILES string of the molecule is O=c1ccccn1Cc1ncc(-c2ccc(F)cc2)o1. The molecule has 0 unspecified atom stereocenters. The van der Waals surface area contributed by atoms with Gasteiger partial charge in [0.2, 0.25) is 5.89 Å². The third-order valence-corrected chi connectivity index (χ3v) is 2.89. The van der Waals surface area contributed by atoms with E-state index in [-0.39, 0.29) is 17.9 Å². The average molecular weight is 270 g/mol. The molecule has 0 N–H and O–H groups in total. The molecule has 1 aromatic carbocycles. The molecule has 3 aromatic rings. The van der Waals surface area contributed by atoms with Crippen molar-refractivity contribution in [3.05, 3.63) is 76.9 Å². The molecule has 0 spiro atoms. The van der Waals surface area contributed by atoms with Gasteiger partial charge in [-0.15, -0.1) is 0 Å². The Kier molecular flexibility index (Phi) is 3.16. The molecule has 0 aliphatic rings. The largest absolute Gasteiger partial charge is 0.439 e. The van der Waals surface area contributed by atoms with Gasteiger partial charge in [0.25, 0.3) is 5.56 Å². The van der Waals surface area contributed by atoms with Gasteiger partial charge in [-0.3, -0.25) is 4.79 Å². The standard InChI is InChI=1S/C15H11FN2O2/c16-12-6-4-11(5-7-12)13-9-17-14(20-13)10-18-8-2-1-3-15(18)19/h1-9H,10H2. The van der Waals surface area contributed by atoms with Crippen molar-refractivity contribution in [2.75, 3.05) is 0 Å². The fourth-order valence-electron chi connectivity index (χ4n) is 1.87. The summed E-state index contributed by atoms with van der Waals surface area (Å²) in [4.78, 5) is 15.7. The van der Waals surface area contributed by atoms with Crippen LogP contribution in [0.1, 0.15) is 5.89 Å². The van der Waals surface area contributed by atoms with Crippen LogP contribution in [0.5, 0.6) is 0 Å². The summed E-state index contributed by atoms with van der Waals surface area (Å²) < 4.78 is 19.9. The molecule has 20 heavy (non-hydrogen) atoms. The van der Waals surface area contributed by atoms with Crippen molar-refractivity contribution in [3.63, 3.8) is 0 Å². The normalized spacial score (nSPS) is 10.7. The predicted octanol–water partition coefficient (Wildman–Crippen LogP) is 2.69. The summed E-state index contributed by atoms with van der Waals surface area (Å²) >= 11 is 0. The van der Waals surface area contributed by atoms with Gasteiger partial charge < -0.3 is 8.98 Å². The van der Waals surface area contributed by atoms with Gasteiger partial charge >= 0.3 is 0 Å². The van der Waals surface area contributed by atoms with Crippen LogP contribution >= 0.6 is 0 Å². The summed E-state index contributed by atoms with van der Waals surface area (Å²) in [6, 6.07) is 10.9. The lowest BCUT2D eigenvalue weighted by atomic mass is 10.2. The molecule has 0 fully saturated rings. The van der Waals surface area contributed by atoms with E-state index in [9.17, 15) is 9.18 Å². The van der Waals surface area contributed by atoms with Gasteiger partial charge in [-0.2, -0.15) is 0 Å². The zero-order valence-electron chi connectivity index (χ0n) is 10.5. The van der Waals surface area contributed by atoms with Crippen LogP contribution in [0.15, 0.2) is 64.1 Å². The number of aromatic nitrogens is 2. The van der Waals surface area contributed by atoms with Gasteiger partial charge in [-0.25, -0.2) is 9.37 Å². The Morgan fingerprint density at radius 3 is 2.70 bits per heavy atom. The van der Waals surface area contributed by atoms with Crippen molar-refractivity contribution in [2.24, 2.45) is 0 Å². The van der Waals surface area contributed by atoms with Crippen LogP contribution in [0.4, 0.5) is 4.39 Å². The molecule has 0 saturated carbocycles. The van der Waals surface area contributed by atoms with E-state index < -0.39 is 0 Å². The maximum atomic E-state index is 12.9. The van der Waals surface area contributed by atoms with Crippen molar-refractivity contribution in [1.29, 1.82) is 0 Å². The van der Waals surface area contributed by atoms with Crippen LogP contribution in [-0.4, -0.2) is 9.55 Å². The van der Waals surface area contributed by atoms with E-state index in [0.717, 1.165) is 5.56 Å². The minimum Gasteiger partial charge on any atom is -0.439 e. The highest BCUT2D eigenvalue weighted by molar-refractivity contribution is 5.55. The van der Waals surface area contributed by atoms with Crippen LogP contribution in [0, 0.1) is 5.82 Å². The number of hydrogen-bond donors (Lipinski definition) is 0. The van der Waals surface area contributed by atoms with E-state index in [1.807, 2.05) is 0 Å². The summed E-state index contributed by atoms with van der Waals surface area (Å²) in [5.74, 6) is 0.672. The molecule has 5 heteroatoms. The molecule has 2 heterocycles. The zero-order valence-corrected chi connectivity index (χ0v) is 10.5. The lowest BCUT2D eigenvalue weighted by Crippen LogP contribution is -2.18. The third-order valence-electron chi connectivity index (χ3n) is 2.89. The van der Waals surface area contributed by atoms with E-state index in [2.05, 4.69) is 4.98 Å². The summed E-state index contributed by atoms with van der Waals surface area (Å²) in [6.45, 7) is 0.265. The molecule has 0 radical (unpaired) electrons. The van der Waals surface area contributed by atoms with Gasteiger partial charge in [-0.05, 0) is 30.3 Å². The van der Waals surface area contributed by atoms with E-state index in [4.69, 9.17) is 4.42 Å². The van der Waals surface area contributed by atoms with Crippen LogP contribution in [0.2, 0.25) is 0 Å². The average Bonchev–Trinajstić information content (AvgIpc) is 2.91. The smallest absolute Gasteiger partial charge is 0.250 e. The monoisotopic (exact) mass is 270 g/mol. The van der Waals surface area contributed by atoms with Crippen LogP contribution in [0.3, 0.4) is 0 Å². The molecule has 4 nitrogen and oxygen atoms in total. The molecule has 0 amide bonds. The minimum atomic E-state index is -0.302. The molecule has 0 atom stereocenters. The van der Waals surface area contributed by atoms with Gasteiger partial charge in [-0.1, -0.05) is 6.07 Å². The molecule has 100 valence electrons. The number of oxazole rings is 1. The minimum absolute atomic E-state index is 0.117. The lowest BCUT2D eigenvalue weighted by Gasteiger charge is -2.00. The second kappa shape index (κ2) is 5.13. The second-order valence-corrected chi connectivity index (χ2v) is 4.29. The first-order valence-electron chi connectivity index (χ1n) is 6.08. The number of halogens is 1. The van der Waals surface area contributed by atoms with E-state index in [0.29, 0.717) is 11.7 Å². The van der Waals surface area contributed by atoms with Crippen molar-refractivity contribution in [3.8, 4) is 11.3 Å². The predicted molar refractivity (Wildman–Crippen MR) is 71.7 cm³/mol. The van der Waals surface area contributed by atoms with Crippen molar-refractivity contribution >= 4 is 0 Å². The number of rotatable bonds is 3. The second-order valence-electron chi connectivity index (χ2n) is 4.29. The Hall–Kier alpha value is -2.69. The number of nitrogens with zero attached hydrogens (tertiary/aromatic N) is 2. The Bertz CT molecular complexity index is 775. The Labute approximate surface area is 114 Å². The Morgan fingerprint density at radius 1 is 1.15 bits per heavy atom. The van der Waals surface area contributed by atoms with Crippen molar-refractivity contribution in [2.45, 2.75) is 6.54 Å². The van der Waals surface area contributed by atoms with Crippen LogP contribution in [0.25, 0.3) is 11.3 Å². The van der Waals surface area contributed by atoms with Gasteiger partial charge in [0, 0.05) is 17.8 Å². The fourth-order valence-corrected chi connectivity index (χ4v) is 1.87. The number of hydrogen-bond acceptors (Lipinski definition) is 3. The first kappa shape index (κ1) is 12.3. The molecule has 0 aliphatic heterocycles. The van der Waals surface area contributed by atoms with E-state index in [1.165, 1.54) is 22.8 Å². The van der Waals surface area contributed by atoms with Gasteiger partial charge in [0.1, 0.15) is 12.4 Å². The number of pyridine rings is 1. The van der Waals surface area contributed by atoms with E-state index >= 15 is 0 Å². The van der Waals surface area contributed by atoms with Gasteiger partial charge in [0.15, 0.2) is 5.76 Å². The molecular weight excluding hydrogens is 259 g/mol. The molecule has 0 saturated heterocycles. The van der Waals surface area contributed by atoms with Crippen LogP contribution in [-0.2, 0) is 6.54 Å². The highest BCUT2D eigenvalue weighted by atomic mass is 19.1. The molecule has 0 aliphatic carbocycles. The molecule has 3 rings (SSSR count). The molecular formula is C15H11FN2O2. The summed E-state index contributed by atoms with van der Waals surface area (Å²) in [7, 11) is 0. The third kappa shape index (κ3) is 2.51. The summed E-state index contributed by atoms with van der Waals surface area (Å²) in [5, 5.41) is 0. The highest BCUT2D eigenvalue weighted by Gasteiger charge is 2.07. The Morgan fingerprint density at radius 2 is 1.95 bits per heavy atom. The Balaban J connectivity index is 1.86. The zero-order chi connectivity index (χ0) is 13.9. The maximum Gasteiger partial charge on any atom is 0.250 e. The van der Waals surface area contributed by atoms with Crippen LogP contribution < -0.4 is 5.56 Å². The maximum absolute atomic E-state index is 12.9. The molecule has 0 bridgehead atoms. The molecule has 2 aromatic heterocycles. The van der Waals surface area contributed by atoms with Crippen molar-refractivity contribution in [1.82, 2.24) is 9.55 Å². The van der Waals surface area contributed by atoms with E-state index in [1.54, 1.807) is 36.7 Å². The summed E-state index contributed by atoms with van der Waals surface area (Å²) in [5.41, 5.74) is 0.625. The van der Waals surface area contributed by atoms with Crippen molar-refractivity contribution < 1.29 is 8.81 Å². The quantitative estimate of drug-likeness (QED) is 0.735. The topological polar surface area (TPSA) is 48.0 Å². The lowest BCUT2D eigenvalue weighted by molar-refractivity contribution is 0.485. The van der Waals surface area contributed by atoms with Gasteiger partial charge in [0.05, 0.1) is 6.20 Å². The number of benzene rings is 1.